The van der Waals surface area contributed by atoms with Crippen molar-refractivity contribution in [1.82, 2.24) is 24.3 Å². The fraction of sp³-hybridized carbons (Fsp3) is 0.261. The third-order valence-corrected chi connectivity index (χ3v) is 5.17. The molecule has 29 heavy (non-hydrogen) atoms. The maximum Gasteiger partial charge on any atom is 0.272 e. The topological polar surface area (TPSA) is 64.2 Å². The maximum atomic E-state index is 12.8. The Balaban J connectivity index is 1.64. The third-order valence-electron chi connectivity index (χ3n) is 5.17. The van der Waals surface area contributed by atoms with E-state index in [-0.39, 0.29) is 5.91 Å². The predicted molar refractivity (Wildman–Crippen MR) is 114 cm³/mol. The highest BCUT2D eigenvalue weighted by Crippen LogP contribution is 2.23. The van der Waals surface area contributed by atoms with Crippen LogP contribution in [-0.2, 0) is 6.54 Å². The normalized spacial score (nSPS) is 12.2. The van der Waals surface area contributed by atoms with E-state index in [1.165, 1.54) is 0 Å². The maximum absolute atomic E-state index is 12.8. The second-order valence-corrected chi connectivity index (χ2v) is 7.40. The van der Waals surface area contributed by atoms with Gasteiger partial charge in [-0.05, 0) is 35.7 Å². The molecule has 0 spiro atoms. The quantitative estimate of drug-likeness (QED) is 0.521. The summed E-state index contributed by atoms with van der Waals surface area (Å²) in [6.07, 6.45) is 10.7. The zero-order chi connectivity index (χ0) is 20.2. The van der Waals surface area contributed by atoms with Crippen molar-refractivity contribution in [3.05, 3.63) is 78.6 Å². The van der Waals surface area contributed by atoms with Gasteiger partial charge in [0.15, 0.2) is 5.69 Å². The van der Waals surface area contributed by atoms with Crippen LogP contribution in [0.25, 0.3) is 16.9 Å². The molecule has 4 heterocycles. The Morgan fingerprint density at radius 2 is 2.07 bits per heavy atom. The summed E-state index contributed by atoms with van der Waals surface area (Å²) in [5.74, 6) is 1.07. The standard InChI is InChI=1S/C23H25N5O/c1-3-17(2)13-25-23(29)21-20-8-4-5-11-28(20)22(26-21)19-9-12-27(16-19)15-18-7-6-10-24-14-18/h4-12,14,16-17H,3,13,15H2,1-2H3,(H,25,29)/t17-/m0/s1. The number of carbonyl (C=O) groups is 1. The molecule has 1 atom stereocenters. The van der Waals surface area contributed by atoms with Gasteiger partial charge < -0.3 is 9.88 Å². The second kappa shape index (κ2) is 8.31. The fourth-order valence-corrected chi connectivity index (χ4v) is 3.28. The number of hydrogen-bond acceptors (Lipinski definition) is 3. The van der Waals surface area contributed by atoms with Crippen LogP contribution in [-0.4, -0.2) is 31.4 Å². The van der Waals surface area contributed by atoms with E-state index in [1.54, 1.807) is 6.20 Å². The zero-order valence-corrected chi connectivity index (χ0v) is 16.7. The van der Waals surface area contributed by atoms with E-state index in [2.05, 4.69) is 41.0 Å². The lowest BCUT2D eigenvalue weighted by Gasteiger charge is -2.08. The molecule has 1 N–H and O–H groups in total. The van der Waals surface area contributed by atoms with Crippen LogP contribution < -0.4 is 5.32 Å². The number of fused-ring (bicyclic) bond motifs is 1. The van der Waals surface area contributed by atoms with Crippen LogP contribution in [0.3, 0.4) is 0 Å². The molecule has 0 saturated carbocycles. The minimum absolute atomic E-state index is 0.130. The van der Waals surface area contributed by atoms with Gasteiger partial charge in [0.25, 0.3) is 5.91 Å². The average Bonchev–Trinajstić information content (AvgIpc) is 3.37. The molecule has 0 aliphatic carbocycles. The van der Waals surface area contributed by atoms with Crippen LogP contribution in [0.5, 0.6) is 0 Å². The Bertz CT molecular complexity index is 1110. The molecule has 6 heteroatoms. The zero-order valence-electron chi connectivity index (χ0n) is 16.7. The molecule has 4 aromatic rings. The number of nitrogens with one attached hydrogen (secondary N) is 1. The predicted octanol–water partition coefficient (Wildman–Crippen LogP) is 4.02. The molecular weight excluding hydrogens is 362 g/mol. The first-order chi connectivity index (χ1) is 14.2. The van der Waals surface area contributed by atoms with Crippen molar-refractivity contribution in [3.63, 3.8) is 0 Å². The Labute approximate surface area is 170 Å². The molecular formula is C23H25N5O. The van der Waals surface area contributed by atoms with Gasteiger partial charge in [0.05, 0.1) is 5.52 Å². The Kier molecular flexibility index (Phi) is 5.42. The Morgan fingerprint density at radius 3 is 2.86 bits per heavy atom. The van der Waals surface area contributed by atoms with Crippen LogP contribution in [0.15, 0.2) is 67.4 Å². The first-order valence-electron chi connectivity index (χ1n) is 9.96. The van der Waals surface area contributed by atoms with Gasteiger partial charge in [-0.3, -0.25) is 14.2 Å². The number of carbonyl (C=O) groups excluding carboxylic acids is 1. The van der Waals surface area contributed by atoms with E-state index in [0.717, 1.165) is 35.4 Å². The number of rotatable bonds is 7. The summed E-state index contributed by atoms with van der Waals surface area (Å²) in [5, 5.41) is 3.02. The van der Waals surface area contributed by atoms with Gasteiger partial charge in [-0.2, -0.15) is 0 Å². The number of imidazole rings is 1. The van der Waals surface area contributed by atoms with Crippen molar-refractivity contribution in [2.45, 2.75) is 26.8 Å². The van der Waals surface area contributed by atoms with Gasteiger partial charge in [-0.25, -0.2) is 4.98 Å². The first kappa shape index (κ1) is 18.9. The molecule has 0 aliphatic rings. The van der Waals surface area contributed by atoms with Gasteiger partial charge in [-0.15, -0.1) is 0 Å². The van der Waals surface area contributed by atoms with Crippen LogP contribution in [0, 0.1) is 5.92 Å². The van der Waals surface area contributed by atoms with E-state index in [0.29, 0.717) is 18.2 Å². The van der Waals surface area contributed by atoms with Gasteiger partial charge in [0, 0.05) is 49.6 Å². The van der Waals surface area contributed by atoms with Crippen LogP contribution in [0.1, 0.15) is 36.3 Å². The molecule has 0 radical (unpaired) electrons. The average molecular weight is 387 g/mol. The highest BCUT2D eigenvalue weighted by atomic mass is 16.1. The van der Waals surface area contributed by atoms with Crippen LogP contribution in [0.2, 0.25) is 0 Å². The first-order valence-corrected chi connectivity index (χ1v) is 9.96. The summed E-state index contributed by atoms with van der Waals surface area (Å²) in [5.41, 5.74) is 3.37. The monoisotopic (exact) mass is 387 g/mol. The number of pyridine rings is 2. The Hall–Kier alpha value is -3.41. The molecule has 0 fully saturated rings. The number of nitrogens with zero attached hydrogens (tertiary/aromatic N) is 4. The molecule has 0 aromatic carbocycles. The number of aromatic nitrogens is 4. The molecule has 6 nitrogen and oxygen atoms in total. The smallest absolute Gasteiger partial charge is 0.272 e. The fourth-order valence-electron chi connectivity index (χ4n) is 3.28. The summed E-state index contributed by atoms with van der Waals surface area (Å²) in [7, 11) is 0. The lowest BCUT2D eigenvalue weighted by Crippen LogP contribution is -2.28. The minimum atomic E-state index is -0.130. The summed E-state index contributed by atoms with van der Waals surface area (Å²) in [4.78, 5) is 21.7. The summed E-state index contributed by atoms with van der Waals surface area (Å²) >= 11 is 0. The van der Waals surface area contributed by atoms with Gasteiger partial charge in [0.1, 0.15) is 5.82 Å². The van der Waals surface area contributed by atoms with E-state index in [4.69, 9.17) is 4.98 Å². The second-order valence-electron chi connectivity index (χ2n) is 7.40. The Morgan fingerprint density at radius 1 is 1.17 bits per heavy atom. The molecule has 4 rings (SSSR count). The highest BCUT2D eigenvalue weighted by molar-refractivity contribution is 6.00. The van der Waals surface area contributed by atoms with Crippen LogP contribution in [0.4, 0.5) is 0 Å². The molecule has 4 aromatic heterocycles. The molecule has 148 valence electrons. The summed E-state index contributed by atoms with van der Waals surface area (Å²) in [6.45, 7) is 5.64. The van der Waals surface area contributed by atoms with Gasteiger partial charge >= 0.3 is 0 Å². The molecule has 0 saturated heterocycles. The molecule has 0 unspecified atom stereocenters. The van der Waals surface area contributed by atoms with Crippen molar-refractivity contribution in [1.29, 1.82) is 0 Å². The molecule has 0 bridgehead atoms. The van der Waals surface area contributed by atoms with E-state index < -0.39 is 0 Å². The lowest BCUT2D eigenvalue weighted by atomic mass is 10.1. The third kappa shape index (κ3) is 4.06. The van der Waals surface area contributed by atoms with Crippen molar-refractivity contribution in [2.24, 2.45) is 5.92 Å². The van der Waals surface area contributed by atoms with Gasteiger partial charge in [0.2, 0.25) is 0 Å². The highest BCUT2D eigenvalue weighted by Gasteiger charge is 2.19. The van der Waals surface area contributed by atoms with Crippen LogP contribution >= 0.6 is 0 Å². The minimum Gasteiger partial charge on any atom is -0.350 e. The summed E-state index contributed by atoms with van der Waals surface area (Å²) in [6, 6.07) is 11.8. The lowest BCUT2D eigenvalue weighted by molar-refractivity contribution is 0.0945. The summed E-state index contributed by atoms with van der Waals surface area (Å²) < 4.78 is 4.07. The largest absolute Gasteiger partial charge is 0.350 e. The molecule has 1 amide bonds. The van der Waals surface area contributed by atoms with Crippen molar-refractivity contribution < 1.29 is 4.79 Å². The van der Waals surface area contributed by atoms with E-state index in [1.807, 2.05) is 53.3 Å². The number of amides is 1. The van der Waals surface area contributed by atoms with E-state index >= 15 is 0 Å². The van der Waals surface area contributed by atoms with Gasteiger partial charge in [-0.1, -0.05) is 32.4 Å². The van der Waals surface area contributed by atoms with Crippen molar-refractivity contribution in [3.8, 4) is 11.4 Å². The van der Waals surface area contributed by atoms with E-state index in [9.17, 15) is 4.79 Å². The SMILES string of the molecule is CC[C@H](C)CNC(=O)c1nc(-c2ccn(Cc3cccnc3)c2)n2ccccc12. The van der Waals surface area contributed by atoms with Crippen molar-refractivity contribution >= 4 is 11.4 Å². The molecule has 0 aliphatic heterocycles. The van der Waals surface area contributed by atoms with Crippen molar-refractivity contribution in [2.75, 3.05) is 6.54 Å². The number of hydrogen-bond donors (Lipinski definition) is 1.